The van der Waals surface area contributed by atoms with Gasteiger partial charge >= 0.3 is 5.97 Å². The molecule has 0 radical (unpaired) electrons. The van der Waals surface area contributed by atoms with E-state index in [2.05, 4.69) is 10.6 Å². The summed E-state index contributed by atoms with van der Waals surface area (Å²) in [6.07, 6.45) is 0.514. The van der Waals surface area contributed by atoms with E-state index in [9.17, 15) is 14.4 Å². The zero-order chi connectivity index (χ0) is 18.8. The van der Waals surface area contributed by atoms with Gasteiger partial charge in [-0.05, 0) is 30.7 Å². The van der Waals surface area contributed by atoms with Crippen molar-refractivity contribution in [1.29, 1.82) is 0 Å². The maximum Gasteiger partial charge on any atom is 0.306 e. The minimum absolute atomic E-state index is 0.0502. The maximum atomic E-state index is 11.8. The molecule has 0 aliphatic rings. The third-order valence-electron chi connectivity index (χ3n) is 3.35. The Hall–Kier alpha value is -2.86. The molecule has 136 valence electrons. The SMILES string of the molecule is O=C(COC(=O)CCCC(=O)Nc1ccccc1Cl)Nc1ccccc1. The number of para-hydroxylation sites is 2. The fraction of sp³-hybridized carbons (Fsp3) is 0.211. The molecule has 0 atom stereocenters. The minimum Gasteiger partial charge on any atom is -0.456 e. The zero-order valence-electron chi connectivity index (χ0n) is 14.0. The van der Waals surface area contributed by atoms with Crippen molar-refractivity contribution in [3.05, 3.63) is 59.6 Å². The highest BCUT2D eigenvalue weighted by molar-refractivity contribution is 6.33. The second kappa shape index (κ2) is 10.2. The Morgan fingerprint density at radius 3 is 2.27 bits per heavy atom. The number of rotatable bonds is 8. The summed E-state index contributed by atoms with van der Waals surface area (Å²) in [6.45, 7) is -0.362. The highest BCUT2D eigenvalue weighted by Crippen LogP contribution is 2.20. The number of esters is 1. The molecule has 0 unspecified atom stereocenters. The normalized spacial score (nSPS) is 10.0. The summed E-state index contributed by atoms with van der Waals surface area (Å²) in [6, 6.07) is 15.8. The third-order valence-corrected chi connectivity index (χ3v) is 3.68. The second-order valence-corrected chi connectivity index (χ2v) is 5.86. The van der Waals surface area contributed by atoms with Gasteiger partial charge in [-0.15, -0.1) is 0 Å². The van der Waals surface area contributed by atoms with Crippen molar-refractivity contribution >= 4 is 40.8 Å². The van der Waals surface area contributed by atoms with Gasteiger partial charge in [-0.2, -0.15) is 0 Å². The summed E-state index contributed by atoms with van der Waals surface area (Å²) >= 11 is 5.96. The van der Waals surface area contributed by atoms with Crippen molar-refractivity contribution in [3.8, 4) is 0 Å². The first kappa shape index (κ1) is 19.5. The lowest BCUT2D eigenvalue weighted by Gasteiger charge is -2.07. The van der Waals surface area contributed by atoms with Crippen molar-refractivity contribution < 1.29 is 19.1 Å². The van der Waals surface area contributed by atoms with E-state index in [1.54, 1.807) is 48.5 Å². The molecule has 2 aromatic carbocycles. The van der Waals surface area contributed by atoms with E-state index in [-0.39, 0.29) is 25.4 Å². The molecule has 0 bridgehead atoms. The molecule has 0 aliphatic carbocycles. The van der Waals surface area contributed by atoms with Crippen LogP contribution in [-0.2, 0) is 19.1 Å². The van der Waals surface area contributed by atoms with E-state index in [0.717, 1.165) is 0 Å². The number of halogens is 1. The fourth-order valence-corrected chi connectivity index (χ4v) is 2.29. The van der Waals surface area contributed by atoms with Crippen LogP contribution < -0.4 is 10.6 Å². The van der Waals surface area contributed by atoms with Crippen LogP contribution in [0.15, 0.2) is 54.6 Å². The van der Waals surface area contributed by atoms with E-state index in [1.807, 2.05) is 6.07 Å². The van der Waals surface area contributed by atoms with Gasteiger partial charge in [0.25, 0.3) is 5.91 Å². The highest BCUT2D eigenvalue weighted by Gasteiger charge is 2.10. The van der Waals surface area contributed by atoms with Crippen LogP contribution in [0.5, 0.6) is 0 Å². The number of benzene rings is 2. The summed E-state index contributed by atoms with van der Waals surface area (Å²) in [7, 11) is 0. The van der Waals surface area contributed by atoms with Crippen LogP contribution in [0.25, 0.3) is 0 Å². The van der Waals surface area contributed by atoms with Crippen molar-refractivity contribution in [2.24, 2.45) is 0 Å². The number of carbonyl (C=O) groups excluding carboxylic acids is 3. The first-order valence-corrected chi connectivity index (χ1v) is 8.47. The van der Waals surface area contributed by atoms with E-state index in [1.165, 1.54) is 0 Å². The molecule has 2 aromatic rings. The summed E-state index contributed by atoms with van der Waals surface area (Å²) in [5, 5.41) is 5.73. The Balaban J connectivity index is 1.62. The molecular formula is C19H19ClN2O4. The first-order valence-electron chi connectivity index (χ1n) is 8.09. The lowest BCUT2D eigenvalue weighted by Crippen LogP contribution is -2.21. The predicted molar refractivity (Wildman–Crippen MR) is 100.0 cm³/mol. The minimum atomic E-state index is -0.529. The van der Waals surface area contributed by atoms with Gasteiger partial charge in [-0.3, -0.25) is 14.4 Å². The lowest BCUT2D eigenvalue weighted by molar-refractivity contribution is -0.147. The lowest BCUT2D eigenvalue weighted by atomic mass is 10.2. The zero-order valence-corrected chi connectivity index (χ0v) is 14.8. The Labute approximate surface area is 156 Å². The molecule has 2 amide bonds. The molecule has 0 aromatic heterocycles. The van der Waals surface area contributed by atoms with E-state index in [0.29, 0.717) is 22.8 Å². The Morgan fingerprint density at radius 2 is 1.54 bits per heavy atom. The van der Waals surface area contributed by atoms with Crippen LogP contribution in [0.2, 0.25) is 5.02 Å². The molecule has 7 heteroatoms. The molecule has 0 saturated heterocycles. The van der Waals surface area contributed by atoms with Gasteiger partial charge in [0.15, 0.2) is 6.61 Å². The molecule has 2 rings (SSSR count). The summed E-state index contributed by atoms with van der Waals surface area (Å²) in [5.41, 5.74) is 1.16. The molecule has 0 heterocycles. The van der Waals surface area contributed by atoms with E-state index < -0.39 is 11.9 Å². The number of anilines is 2. The largest absolute Gasteiger partial charge is 0.456 e. The van der Waals surface area contributed by atoms with E-state index in [4.69, 9.17) is 16.3 Å². The van der Waals surface area contributed by atoms with Crippen molar-refractivity contribution in [3.63, 3.8) is 0 Å². The van der Waals surface area contributed by atoms with Gasteiger partial charge in [0.2, 0.25) is 5.91 Å². The maximum absolute atomic E-state index is 11.8. The number of hydrogen-bond donors (Lipinski definition) is 2. The van der Waals surface area contributed by atoms with Gasteiger partial charge in [0, 0.05) is 18.5 Å². The summed E-state index contributed by atoms with van der Waals surface area (Å²) in [4.78, 5) is 35.1. The smallest absolute Gasteiger partial charge is 0.306 e. The van der Waals surface area contributed by atoms with Crippen LogP contribution in [-0.4, -0.2) is 24.4 Å². The van der Waals surface area contributed by atoms with Crippen LogP contribution in [0.3, 0.4) is 0 Å². The highest BCUT2D eigenvalue weighted by atomic mass is 35.5. The average molecular weight is 375 g/mol. The monoisotopic (exact) mass is 374 g/mol. The fourth-order valence-electron chi connectivity index (χ4n) is 2.11. The average Bonchev–Trinajstić information content (AvgIpc) is 2.63. The van der Waals surface area contributed by atoms with Crippen molar-refractivity contribution in [2.75, 3.05) is 17.2 Å². The Kier molecular flexibility index (Phi) is 7.64. The molecule has 26 heavy (non-hydrogen) atoms. The van der Waals surface area contributed by atoms with Crippen molar-refractivity contribution in [1.82, 2.24) is 0 Å². The van der Waals surface area contributed by atoms with Gasteiger partial charge in [0.05, 0.1) is 10.7 Å². The molecule has 6 nitrogen and oxygen atoms in total. The van der Waals surface area contributed by atoms with Gasteiger partial charge in [0.1, 0.15) is 0 Å². The molecule has 0 spiro atoms. The van der Waals surface area contributed by atoms with Crippen LogP contribution >= 0.6 is 11.6 Å². The molecule has 0 fully saturated rings. The van der Waals surface area contributed by atoms with Crippen LogP contribution in [0, 0.1) is 0 Å². The molecule has 0 saturated carbocycles. The quantitative estimate of drug-likeness (QED) is 0.691. The summed E-state index contributed by atoms with van der Waals surface area (Å²) < 4.78 is 4.89. The second-order valence-electron chi connectivity index (χ2n) is 5.46. The van der Waals surface area contributed by atoms with E-state index >= 15 is 0 Å². The first-order chi connectivity index (χ1) is 12.5. The van der Waals surface area contributed by atoms with Crippen LogP contribution in [0.4, 0.5) is 11.4 Å². The summed E-state index contributed by atoms with van der Waals surface area (Å²) in [5.74, 6) is -1.19. The number of ether oxygens (including phenoxy) is 1. The van der Waals surface area contributed by atoms with Gasteiger partial charge in [-0.1, -0.05) is 41.9 Å². The Morgan fingerprint density at radius 1 is 0.846 bits per heavy atom. The van der Waals surface area contributed by atoms with Gasteiger partial charge < -0.3 is 15.4 Å². The molecule has 2 N–H and O–H groups in total. The third kappa shape index (κ3) is 6.94. The number of carbonyl (C=O) groups is 3. The van der Waals surface area contributed by atoms with Crippen LogP contribution in [0.1, 0.15) is 19.3 Å². The number of hydrogen-bond acceptors (Lipinski definition) is 4. The Bertz CT molecular complexity index is 765. The molecule has 0 aliphatic heterocycles. The standard InChI is InChI=1S/C19H19ClN2O4/c20-15-9-4-5-10-16(15)22-17(23)11-6-12-19(25)26-13-18(24)21-14-7-2-1-3-8-14/h1-5,7-10H,6,11-13H2,(H,21,24)(H,22,23). The number of nitrogens with one attached hydrogen (secondary N) is 2. The molecular weight excluding hydrogens is 356 g/mol. The topological polar surface area (TPSA) is 84.5 Å². The number of amides is 2. The predicted octanol–water partition coefficient (Wildman–Crippen LogP) is 3.63. The van der Waals surface area contributed by atoms with Crippen molar-refractivity contribution in [2.45, 2.75) is 19.3 Å². The van der Waals surface area contributed by atoms with Gasteiger partial charge in [-0.25, -0.2) is 0 Å².